The number of carbonyl (C=O) groups is 2. The van der Waals surface area contributed by atoms with Crippen molar-refractivity contribution in [2.45, 2.75) is 31.8 Å². The Morgan fingerprint density at radius 2 is 2.27 bits per heavy atom. The summed E-state index contributed by atoms with van der Waals surface area (Å²) in [5.41, 5.74) is 1.32. The standard InChI is InChI=1S/C16H17N3O3/c1-8(20)11-7-22-15-6-18-14(4-10(11)15)16(21)19-13-3-9-2-12(13)17-5-9/h4,6-7,9,12-13,17H,2-3,5H2,1H3,(H,19,21). The molecule has 1 amide bonds. The molecule has 4 rings (SSSR count). The second-order valence-electron chi connectivity index (χ2n) is 6.20. The lowest BCUT2D eigenvalue weighted by molar-refractivity contribution is 0.0922. The number of nitrogens with one attached hydrogen (secondary N) is 2. The summed E-state index contributed by atoms with van der Waals surface area (Å²) >= 11 is 0. The zero-order chi connectivity index (χ0) is 15.3. The van der Waals surface area contributed by atoms with E-state index < -0.39 is 0 Å². The summed E-state index contributed by atoms with van der Waals surface area (Å²) in [6.45, 7) is 2.53. The molecule has 2 bridgehead atoms. The highest BCUT2D eigenvalue weighted by Crippen LogP contribution is 2.31. The van der Waals surface area contributed by atoms with Gasteiger partial charge in [0, 0.05) is 17.5 Å². The van der Waals surface area contributed by atoms with Crippen LogP contribution in [-0.4, -0.2) is 35.3 Å². The van der Waals surface area contributed by atoms with Gasteiger partial charge in [-0.2, -0.15) is 0 Å². The number of nitrogens with zero attached hydrogens (tertiary/aromatic N) is 1. The van der Waals surface area contributed by atoms with E-state index in [1.54, 1.807) is 6.07 Å². The fourth-order valence-corrected chi connectivity index (χ4v) is 3.59. The number of rotatable bonds is 3. The molecule has 2 aliphatic rings. The van der Waals surface area contributed by atoms with Crippen molar-refractivity contribution >= 4 is 22.7 Å². The average molecular weight is 299 g/mol. The molecule has 0 radical (unpaired) electrons. The number of aromatic nitrogens is 1. The molecule has 2 aromatic rings. The van der Waals surface area contributed by atoms with Crippen molar-refractivity contribution in [1.29, 1.82) is 0 Å². The van der Waals surface area contributed by atoms with Crippen molar-refractivity contribution < 1.29 is 14.0 Å². The number of ketones is 1. The van der Waals surface area contributed by atoms with E-state index in [1.165, 1.54) is 19.4 Å². The van der Waals surface area contributed by atoms with Crippen LogP contribution in [0.3, 0.4) is 0 Å². The molecule has 2 fully saturated rings. The largest absolute Gasteiger partial charge is 0.462 e. The van der Waals surface area contributed by atoms with Crippen molar-refractivity contribution in [2.24, 2.45) is 5.92 Å². The molecule has 3 heterocycles. The third-order valence-corrected chi connectivity index (χ3v) is 4.72. The molecule has 22 heavy (non-hydrogen) atoms. The molecule has 114 valence electrons. The quantitative estimate of drug-likeness (QED) is 0.839. The lowest BCUT2D eigenvalue weighted by atomic mass is 10.1. The number of carbonyl (C=O) groups excluding carboxylic acids is 2. The lowest BCUT2D eigenvalue weighted by Crippen LogP contribution is -2.48. The summed E-state index contributed by atoms with van der Waals surface area (Å²) in [5, 5.41) is 7.11. The van der Waals surface area contributed by atoms with Crippen molar-refractivity contribution in [1.82, 2.24) is 15.6 Å². The highest BCUT2D eigenvalue weighted by Gasteiger charge is 2.40. The zero-order valence-corrected chi connectivity index (χ0v) is 12.3. The van der Waals surface area contributed by atoms with Gasteiger partial charge in [-0.3, -0.25) is 9.59 Å². The Hall–Kier alpha value is -2.21. The first-order valence-electron chi connectivity index (χ1n) is 7.54. The molecule has 1 aliphatic carbocycles. The molecule has 1 aliphatic heterocycles. The van der Waals surface area contributed by atoms with E-state index in [1.807, 2.05) is 0 Å². The van der Waals surface area contributed by atoms with Crippen LogP contribution < -0.4 is 10.6 Å². The minimum absolute atomic E-state index is 0.0892. The molecule has 1 saturated carbocycles. The number of furan rings is 1. The van der Waals surface area contributed by atoms with Gasteiger partial charge < -0.3 is 15.1 Å². The second kappa shape index (κ2) is 4.91. The minimum atomic E-state index is -0.197. The van der Waals surface area contributed by atoms with Gasteiger partial charge in [0.2, 0.25) is 0 Å². The monoisotopic (exact) mass is 299 g/mol. The van der Waals surface area contributed by atoms with Gasteiger partial charge in [-0.05, 0) is 38.3 Å². The van der Waals surface area contributed by atoms with E-state index in [9.17, 15) is 9.59 Å². The van der Waals surface area contributed by atoms with Gasteiger partial charge in [0.1, 0.15) is 12.0 Å². The Morgan fingerprint density at radius 3 is 2.95 bits per heavy atom. The molecular formula is C16H17N3O3. The fourth-order valence-electron chi connectivity index (χ4n) is 3.59. The normalized spacial score (nSPS) is 26.5. The maximum Gasteiger partial charge on any atom is 0.270 e. The Bertz CT molecular complexity index is 767. The first-order valence-corrected chi connectivity index (χ1v) is 7.54. The van der Waals surface area contributed by atoms with Crippen LogP contribution in [0.1, 0.15) is 40.6 Å². The summed E-state index contributed by atoms with van der Waals surface area (Å²) < 4.78 is 5.29. The Morgan fingerprint density at radius 1 is 1.41 bits per heavy atom. The molecule has 3 atom stereocenters. The van der Waals surface area contributed by atoms with Crippen LogP contribution in [0.2, 0.25) is 0 Å². The van der Waals surface area contributed by atoms with Crippen molar-refractivity contribution in [3.8, 4) is 0 Å². The average Bonchev–Trinajstić information content (AvgIpc) is 3.20. The van der Waals surface area contributed by atoms with Gasteiger partial charge in [-0.25, -0.2) is 4.98 Å². The molecule has 2 N–H and O–H groups in total. The number of hydrogen-bond acceptors (Lipinski definition) is 5. The summed E-state index contributed by atoms with van der Waals surface area (Å²) in [5.74, 6) is 0.384. The number of pyridine rings is 1. The Kier molecular flexibility index (Phi) is 3.00. The van der Waals surface area contributed by atoms with Gasteiger partial charge in [-0.1, -0.05) is 0 Å². The van der Waals surface area contributed by atoms with E-state index in [0.717, 1.165) is 19.4 Å². The van der Waals surface area contributed by atoms with Gasteiger partial charge in [0.05, 0.1) is 11.8 Å². The molecule has 0 aromatic carbocycles. The number of amides is 1. The van der Waals surface area contributed by atoms with E-state index in [0.29, 0.717) is 34.2 Å². The maximum absolute atomic E-state index is 12.4. The molecule has 0 spiro atoms. The zero-order valence-electron chi connectivity index (χ0n) is 12.3. The van der Waals surface area contributed by atoms with Crippen LogP contribution in [-0.2, 0) is 0 Å². The molecular weight excluding hydrogens is 282 g/mol. The first kappa shape index (κ1) is 13.5. The molecule has 2 aromatic heterocycles. The Labute approximate surface area is 127 Å². The van der Waals surface area contributed by atoms with E-state index >= 15 is 0 Å². The van der Waals surface area contributed by atoms with Gasteiger partial charge in [-0.15, -0.1) is 0 Å². The predicted octanol–water partition coefficient (Wildman–Crippen LogP) is 1.51. The first-order chi connectivity index (χ1) is 10.6. The maximum atomic E-state index is 12.4. The highest BCUT2D eigenvalue weighted by molar-refractivity contribution is 6.07. The molecule has 6 nitrogen and oxygen atoms in total. The molecule has 6 heteroatoms. The summed E-state index contributed by atoms with van der Waals surface area (Å²) in [4.78, 5) is 28.1. The third kappa shape index (κ3) is 2.11. The number of Topliss-reactive ketones (excluding diaryl/α,β-unsaturated/α-hetero) is 1. The SMILES string of the molecule is CC(=O)c1coc2cnc(C(=O)NC3CC4CNC3C4)cc12. The minimum Gasteiger partial charge on any atom is -0.462 e. The molecule has 1 saturated heterocycles. The number of piperidine rings is 1. The smallest absolute Gasteiger partial charge is 0.270 e. The van der Waals surface area contributed by atoms with E-state index in [4.69, 9.17) is 4.42 Å². The van der Waals surface area contributed by atoms with Crippen LogP contribution in [0.5, 0.6) is 0 Å². The lowest BCUT2D eigenvalue weighted by Gasteiger charge is -2.23. The van der Waals surface area contributed by atoms with Crippen molar-refractivity contribution in [2.75, 3.05) is 6.54 Å². The second-order valence-corrected chi connectivity index (χ2v) is 6.20. The topological polar surface area (TPSA) is 84.2 Å². The van der Waals surface area contributed by atoms with Crippen LogP contribution in [0, 0.1) is 5.92 Å². The van der Waals surface area contributed by atoms with Crippen LogP contribution in [0.15, 0.2) is 22.9 Å². The fraction of sp³-hybridized carbons (Fsp3) is 0.438. The van der Waals surface area contributed by atoms with E-state index in [2.05, 4.69) is 15.6 Å². The number of hydrogen-bond donors (Lipinski definition) is 2. The Balaban J connectivity index is 1.59. The van der Waals surface area contributed by atoms with Crippen LogP contribution in [0.4, 0.5) is 0 Å². The van der Waals surface area contributed by atoms with Crippen LogP contribution >= 0.6 is 0 Å². The van der Waals surface area contributed by atoms with Gasteiger partial charge >= 0.3 is 0 Å². The van der Waals surface area contributed by atoms with Gasteiger partial charge in [0.15, 0.2) is 11.4 Å². The van der Waals surface area contributed by atoms with E-state index in [-0.39, 0.29) is 17.7 Å². The third-order valence-electron chi connectivity index (χ3n) is 4.72. The van der Waals surface area contributed by atoms with Gasteiger partial charge in [0.25, 0.3) is 5.91 Å². The predicted molar refractivity (Wildman–Crippen MR) is 79.8 cm³/mol. The van der Waals surface area contributed by atoms with Crippen molar-refractivity contribution in [3.05, 3.63) is 29.8 Å². The van der Waals surface area contributed by atoms with Crippen molar-refractivity contribution in [3.63, 3.8) is 0 Å². The summed E-state index contributed by atoms with van der Waals surface area (Å²) in [6.07, 6.45) is 5.07. The summed E-state index contributed by atoms with van der Waals surface area (Å²) in [6, 6.07) is 2.17. The molecule has 3 unspecified atom stereocenters. The number of fused-ring (bicyclic) bond motifs is 3. The highest BCUT2D eigenvalue weighted by atomic mass is 16.3. The van der Waals surface area contributed by atoms with Crippen LogP contribution in [0.25, 0.3) is 11.0 Å². The summed E-state index contributed by atoms with van der Waals surface area (Å²) in [7, 11) is 0.